The van der Waals surface area contributed by atoms with E-state index < -0.39 is 0 Å². The summed E-state index contributed by atoms with van der Waals surface area (Å²) in [6.45, 7) is 1.91. The maximum atomic E-state index is 13.2. The van der Waals surface area contributed by atoms with Gasteiger partial charge in [-0.2, -0.15) is 5.10 Å². The van der Waals surface area contributed by atoms with Crippen LogP contribution in [0.4, 0.5) is 11.4 Å². The van der Waals surface area contributed by atoms with E-state index in [0.717, 1.165) is 40.3 Å². The molecule has 1 atom stereocenters. The Hall–Kier alpha value is -4.97. The number of hydrogen-bond donors (Lipinski definition) is 0. The molecule has 1 aliphatic rings. The van der Waals surface area contributed by atoms with Crippen molar-refractivity contribution in [2.75, 3.05) is 5.01 Å². The van der Waals surface area contributed by atoms with E-state index >= 15 is 0 Å². The normalized spacial score (nSPS) is 15.2. The van der Waals surface area contributed by atoms with E-state index in [1.165, 1.54) is 5.56 Å². The summed E-state index contributed by atoms with van der Waals surface area (Å²) in [6.07, 6.45) is 2.58. The molecule has 1 unspecified atom stereocenters. The number of anilines is 1. The zero-order valence-electron chi connectivity index (χ0n) is 22.0. The number of hydrogen-bond acceptors (Lipinski definition) is 4. The lowest BCUT2D eigenvalue weighted by molar-refractivity contribution is 0.630. The lowest BCUT2D eigenvalue weighted by Crippen LogP contribution is -2.19. The highest BCUT2D eigenvalue weighted by atomic mass is 16.1. The molecule has 1 aromatic heterocycles. The van der Waals surface area contributed by atoms with Crippen molar-refractivity contribution in [3.8, 4) is 5.69 Å². The molecule has 39 heavy (non-hydrogen) atoms. The molecule has 0 saturated heterocycles. The van der Waals surface area contributed by atoms with Crippen LogP contribution < -0.4 is 10.6 Å². The molecule has 0 saturated carbocycles. The van der Waals surface area contributed by atoms with Gasteiger partial charge in [0.15, 0.2) is 5.69 Å². The lowest BCUT2D eigenvalue weighted by atomic mass is 9.98. The number of benzene rings is 4. The van der Waals surface area contributed by atoms with Crippen LogP contribution in [-0.4, -0.2) is 21.3 Å². The van der Waals surface area contributed by atoms with Crippen LogP contribution in [0.25, 0.3) is 5.69 Å². The highest BCUT2D eigenvalue weighted by Gasteiger charge is 2.29. The fraction of sp³-hybridized carbons (Fsp3) is 0.121. The second-order valence-corrected chi connectivity index (χ2v) is 9.65. The first-order valence-electron chi connectivity index (χ1n) is 13.1. The molecule has 192 valence electrons. The number of rotatable bonds is 6. The SMILES string of the molecule is Cc1c(N=Cc2ccc(N3N=C(c4ccccc4)CC3c3ccccc3)cc2)c(=O)n(-c2ccccc2)n1C. The van der Waals surface area contributed by atoms with E-state index in [-0.39, 0.29) is 11.6 Å². The van der Waals surface area contributed by atoms with Crippen LogP contribution in [0, 0.1) is 6.92 Å². The Morgan fingerprint density at radius 1 is 0.795 bits per heavy atom. The van der Waals surface area contributed by atoms with Gasteiger partial charge in [-0.3, -0.25) is 14.5 Å². The van der Waals surface area contributed by atoms with Crippen molar-refractivity contribution < 1.29 is 0 Å². The van der Waals surface area contributed by atoms with Crippen molar-refractivity contribution in [3.05, 3.63) is 148 Å². The summed E-state index contributed by atoms with van der Waals surface area (Å²) < 4.78 is 3.48. The molecule has 0 fully saturated rings. The quantitative estimate of drug-likeness (QED) is 0.242. The predicted octanol–water partition coefficient (Wildman–Crippen LogP) is 6.59. The molecule has 0 N–H and O–H groups in total. The van der Waals surface area contributed by atoms with E-state index in [4.69, 9.17) is 5.10 Å². The summed E-state index contributed by atoms with van der Waals surface area (Å²) in [5, 5.41) is 7.15. The van der Waals surface area contributed by atoms with Gasteiger partial charge in [0.25, 0.3) is 5.56 Å². The van der Waals surface area contributed by atoms with E-state index in [0.29, 0.717) is 5.69 Å². The average Bonchev–Trinajstić information content (AvgIpc) is 3.53. The number of aromatic nitrogens is 2. The Morgan fingerprint density at radius 3 is 2.08 bits per heavy atom. The van der Waals surface area contributed by atoms with Crippen molar-refractivity contribution in [2.45, 2.75) is 19.4 Å². The van der Waals surface area contributed by atoms with Gasteiger partial charge in [-0.1, -0.05) is 91.0 Å². The summed E-state index contributed by atoms with van der Waals surface area (Å²) in [7, 11) is 1.88. The van der Waals surface area contributed by atoms with Crippen LogP contribution in [0.15, 0.2) is 130 Å². The molecule has 1 aliphatic heterocycles. The first-order valence-corrected chi connectivity index (χ1v) is 13.1. The van der Waals surface area contributed by atoms with Gasteiger partial charge in [0.2, 0.25) is 0 Å². The Labute approximate surface area is 227 Å². The summed E-state index contributed by atoms with van der Waals surface area (Å²) in [6, 6.07) is 38.8. The molecule has 0 radical (unpaired) electrons. The summed E-state index contributed by atoms with van der Waals surface area (Å²) in [4.78, 5) is 17.8. The molecular formula is C33H29N5O. The molecular weight excluding hydrogens is 482 g/mol. The standard InChI is InChI=1S/C33H29N5O/c1-24-32(33(39)38(36(24)2)29-16-10-5-11-17-29)34-23-25-18-20-28(21-19-25)37-31(27-14-8-4-9-15-27)22-30(35-37)26-12-6-3-7-13-26/h3-21,23,31H,22H2,1-2H3. The van der Waals surface area contributed by atoms with E-state index in [2.05, 4.69) is 70.7 Å². The number of nitrogens with zero attached hydrogens (tertiary/aromatic N) is 5. The third-order valence-electron chi connectivity index (χ3n) is 7.23. The zero-order valence-corrected chi connectivity index (χ0v) is 22.0. The molecule has 0 aliphatic carbocycles. The largest absolute Gasteiger partial charge is 0.297 e. The second kappa shape index (κ2) is 10.4. The van der Waals surface area contributed by atoms with Gasteiger partial charge in [-0.25, -0.2) is 9.67 Å². The smallest absolute Gasteiger partial charge is 0.283 e. The van der Waals surface area contributed by atoms with Gasteiger partial charge in [0.05, 0.1) is 28.8 Å². The van der Waals surface area contributed by atoms with Crippen LogP contribution in [0.5, 0.6) is 0 Å². The van der Waals surface area contributed by atoms with Crippen molar-refractivity contribution >= 4 is 23.3 Å². The van der Waals surface area contributed by atoms with Gasteiger partial charge in [0.1, 0.15) is 0 Å². The topological polar surface area (TPSA) is 54.9 Å². The molecule has 0 amide bonds. The molecule has 5 aromatic rings. The van der Waals surface area contributed by atoms with Crippen molar-refractivity contribution in [3.63, 3.8) is 0 Å². The molecule has 6 heteroatoms. The molecule has 0 spiro atoms. The summed E-state index contributed by atoms with van der Waals surface area (Å²) >= 11 is 0. The van der Waals surface area contributed by atoms with Crippen LogP contribution in [0.2, 0.25) is 0 Å². The molecule has 6 nitrogen and oxygen atoms in total. The van der Waals surface area contributed by atoms with Crippen molar-refractivity contribution in [1.82, 2.24) is 9.36 Å². The van der Waals surface area contributed by atoms with E-state index in [1.807, 2.05) is 73.3 Å². The van der Waals surface area contributed by atoms with Crippen molar-refractivity contribution in [1.29, 1.82) is 0 Å². The molecule has 2 heterocycles. The van der Waals surface area contributed by atoms with Gasteiger partial charge >= 0.3 is 0 Å². The van der Waals surface area contributed by atoms with Crippen LogP contribution in [0.3, 0.4) is 0 Å². The van der Waals surface area contributed by atoms with Gasteiger partial charge < -0.3 is 0 Å². The Bertz CT molecular complexity index is 1700. The molecule has 6 rings (SSSR count). The van der Waals surface area contributed by atoms with Gasteiger partial charge in [0, 0.05) is 19.7 Å². The Morgan fingerprint density at radius 2 is 1.41 bits per heavy atom. The summed E-state index contributed by atoms with van der Waals surface area (Å²) in [5.74, 6) is 0. The minimum Gasteiger partial charge on any atom is -0.283 e. The minimum absolute atomic E-state index is 0.115. The lowest BCUT2D eigenvalue weighted by Gasteiger charge is -2.24. The van der Waals surface area contributed by atoms with Gasteiger partial charge in [-0.15, -0.1) is 0 Å². The fourth-order valence-corrected chi connectivity index (χ4v) is 5.04. The minimum atomic E-state index is -0.139. The van der Waals surface area contributed by atoms with Gasteiger partial charge in [-0.05, 0) is 47.9 Å². The third-order valence-corrected chi connectivity index (χ3v) is 7.23. The predicted molar refractivity (Wildman–Crippen MR) is 159 cm³/mol. The third kappa shape index (κ3) is 4.73. The second-order valence-electron chi connectivity index (χ2n) is 9.65. The number of aliphatic imine (C=N–C) groups is 1. The Balaban J connectivity index is 1.29. The highest BCUT2D eigenvalue weighted by Crippen LogP contribution is 2.36. The summed E-state index contributed by atoms with van der Waals surface area (Å²) in [5.41, 5.74) is 7.28. The Kier molecular flexibility index (Phi) is 6.51. The number of para-hydroxylation sites is 1. The molecule has 0 bridgehead atoms. The van der Waals surface area contributed by atoms with Crippen LogP contribution in [0.1, 0.15) is 34.8 Å². The highest BCUT2D eigenvalue weighted by molar-refractivity contribution is 6.03. The fourth-order valence-electron chi connectivity index (χ4n) is 5.04. The zero-order chi connectivity index (χ0) is 26.8. The van der Waals surface area contributed by atoms with Crippen LogP contribution in [-0.2, 0) is 7.05 Å². The maximum absolute atomic E-state index is 13.2. The first-order chi connectivity index (χ1) is 19.1. The van der Waals surface area contributed by atoms with E-state index in [1.54, 1.807) is 10.9 Å². The van der Waals surface area contributed by atoms with Crippen molar-refractivity contribution in [2.24, 2.45) is 17.1 Å². The maximum Gasteiger partial charge on any atom is 0.297 e. The first kappa shape index (κ1) is 24.4. The average molecular weight is 512 g/mol. The molecule has 4 aromatic carbocycles. The van der Waals surface area contributed by atoms with Crippen LogP contribution >= 0.6 is 0 Å². The monoisotopic (exact) mass is 511 g/mol. The van der Waals surface area contributed by atoms with E-state index in [9.17, 15) is 4.79 Å². The number of hydrazone groups is 1.